The zero-order chi connectivity index (χ0) is 23.7. The van der Waals surface area contributed by atoms with Gasteiger partial charge in [0, 0.05) is 41.1 Å². The fraction of sp³-hybridized carbons (Fsp3) is 0.381. The van der Waals surface area contributed by atoms with E-state index >= 15 is 0 Å². The smallest absolute Gasteiger partial charge is 0.232 e. The van der Waals surface area contributed by atoms with E-state index in [-0.39, 0.29) is 18.9 Å². The number of hydrogen-bond acceptors (Lipinski definition) is 5. The van der Waals surface area contributed by atoms with Gasteiger partial charge in [-0.3, -0.25) is 9.10 Å². The van der Waals surface area contributed by atoms with Gasteiger partial charge < -0.3 is 10.1 Å². The number of hydrogen-bond donors (Lipinski definition) is 1. The van der Waals surface area contributed by atoms with Gasteiger partial charge in [0.1, 0.15) is 5.75 Å². The van der Waals surface area contributed by atoms with Gasteiger partial charge in [0.2, 0.25) is 15.9 Å². The highest BCUT2D eigenvalue weighted by molar-refractivity contribution is 7.98. The largest absolute Gasteiger partial charge is 0.495 e. The number of carbonyl (C=O) groups excluding carboxylic acids is 1. The lowest BCUT2D eigenvalue weighted by Crippen LogP contribution is -2.32. The van der Waals surface area contributed by atoms with Gasteiger partial charge in [-0.15, -0.1) is 0 Å². The van der Waals surface area contributed by atoms with Gasteiger partial charge in [-0.25, -0.2) is 8.42 Å². The Morgan fingerprint density at radius 1 is 1.12 bits per heavy atom. The number of benzene rings is 2. The summed E-state index contributed by atoms with van der Waals surface area (Å²) in [7, 11) is -2.05. The van der Waals surface area contributed by atoms with E-state index in [0.717, 1.165) is 11.8 Å². The van der Waals surface area contributed by atoms with Crippen molar-refractivity contribution in [3.05, 3.63) is 57.0 Å². The summed E-state index contributed by atoms with van der Waals surface area (Å²) in [6.45, 7) is 0.657. The summed E-state index contributed by atoms with van der Waals surface area (Å²) < 4.78 is 30.8. The second-order valence-electron chi connectivity index (χ2n) is 6.86. The number of methoxy groups -OCH3 is 1. The van der Waals surface area contributed by atoms with Crippen molar-refractivity contribution in [1.82, 2.24) is 5.32 Å². The molecule has 2 rings (SSSR count). The molecule has 0 atom stereocenters. The first-order chi connectivity index (χ1) is 15.1. The molecule has 1 N–H and O–H groups in total. The minimum Gasteiger partial charge on any atom is -0.495 e. The number of anilines is 1. The van der Waals surface area contributed by atoms with Crippen LogP contribution in [0.15, 0.2) is 36.4 Å². The lowest BCUT2D eigenvalue weighted by molar-refractivity contribution is -0.121. The first kappa shape index (κ1) is 26.9. The van der Waals surface area contributed by atoms with Crippen molar-refractivity contribution >= 4 is 68.2 Å². The van der Waals surface area contributed by atoms with E-state index < -0.39 is 10.0 Å². The second kappa shape index (κ2) is 12.8. The number of amides is 1. The number of ether oxygens (including phenoxy) is 1. The molecule has 0 aliphatic rings. The molecule has 0 radical (unpaired) electrons. The first-order valence-corrected chi connectivity index (χ1v) is 13.9. The van der Waals surface area contributed by atoms with Crippen LogP contribution in [-0.2, 0) is 20.6 Å². The fourth-order valence-corrected chi connectivity index (χ4v) is 5.68. The maximum Gasteiger partial charge on any atom is 0.232 e. The Kier molecular flexibility index (Phi) is 10.8. The molecule has 2 aromatic rings. The van der Waals surface area contributed by atoms with Crippen LogP contribution in [-0.4, -0.2) is 46.5 Å². The number of rotatable bonds is 12. The highest BCUT2D eigenvalue weighted by atomic mass is 35.5. The molecule has 0 aliphatic carbocycles. The Bertz CT molecular complexity index is 1020. The Morgan fingerprint density at radius 2 is 1.81 bits per heavy atom. The number of sulfonamides is 1. The zero-order valence-corrected chi connectivity index (χ0v) is 21.6. The average Bonchev–Trinajstić information content (AvgIpc) is 2.72. The van der Waals surface area contributed by atoms with Crippen molar-refractivity contribution in [2.24, 2.45) is 0 Å². The third kappa shape index (κ3) is 8.23. The molecule has 11 heteroatoms. The van der Waals surface area contributed by atoms with Gasteiger partial charge in [0.05, 0.1) is 24.1 Å². The quantitative estimate of drug-likeness (QED) is 0.373. The van der Waals surface area contributed by atoms with Crippen LogP contribution in [0.1, 0.15) is 18.4 Å². The standard InChI is InChI=1S/C21H25Cl3N2O4S2/c1-30-20-9-8-15(13-19(20)24)26(32(2,28)29)11-4-7-21(27)25-10-12-31-14-16-17(22)5-3-6-18(16)23/h3,5-6,8-9,13H,4,7,10-12,14H2,1-2H3,(H,25,27). The molecule has 0 spiro atoms. The third-order valence-corrected chi connectivity index (χ3v) is 7.65. The maximum atomic E-state index is 12.2. The Morgan fingerprint density at radius 3 is 2.41 bits per heavy atom. The average molecular weight is 540 g/mol. The van der Waals surface area contributed by atoms with Gasteiger partial charge in [-0.05, 0) is 42.3 Å². The minimum absolute atomic E-state index is 0.136. The highest BCUT2D eigenvalue weighted by Crippen LogP contribution is 2.30. The molecular weight excluding hydrogens is 515 g/mol. The third-order valence-electron chi connectivity index (χ3n) is 4.47. The summed E-state index contributed by atoms with van der Waals surface area (Å²) in [5.41, 5.74) is 1.31. The monoisotopic (exact) mass is 538 g/mol. The van der Waals surface area contributed by atoms with Crippen molar-refractivity contribution in [1.29, 1.82) is 0 Å². The fourth-order valence-electron chi connectivity index (χ4n) is 2.88. The van der Waals surface area contributed by atoms with E-state index in [9.17, 15) is 13.2 Å². The van der Waals surface area contributed by atoms with Crippen LogP contribution in [0.2, 0.25) is 15.1 Å². The topological polar surface area (TPSA) is 75.7 Å². The van der Waals surface area contributed by atoms with E-state index in [1.54, 1.807) is 42.1 Å². The van der Waals surface area contributed by atoms with Crippen molar-refractivity contribution < 1.29 is 17.9 Å². The van der Waals surface area contributed by atoms with E-state index in [2.05, 4.69) is 5.32 Å². The number of carbonyl (C=O) groups is 1. The molecule has 2 aromatic carbocycles. The van der Waals surface area contributed by atoms with Crippen LogP contribution >= 0.6 is 46.6 Å². The normalized spacial score (nSPS) is 11.3. The number of thioether (sulfide) groups is 1. The lowest BCUT2D eigenvalue weighted by atomic mass is 10.2. The molecule has 0 aliphatic heterocycles. The Hall–Kier alpha value is -1.32. The van der Waals surface area contributed by atoms with Gasteiger partial charge in [-0.1, -0.05) is 40.9 Å². The molecule has 0 aromatic heterocycles. The molecule has 32 heavy (non-hydrogen) atoms. The molecule has 0 fully saturated rings. The summed E-state index contributed by atoms with van der Waals surface area (Å²) in [6.07, 6.45) is 1.69. The molecule has 6 nitrogen and oxygen atoms in total. The van der Waals surface area contributed by atoms with Crippen LogP contribution in [0.5, 0.6) is 5.75 Å². The predicted molar refractivity (Wildman–Crippen MR) is 135 cm³/mol. The lowest BCUT2D eigenvalue weighted by Gasteiger charge is -2.23. The van der Waals surface area contributed by atoms with Gasteiger partial charge in [-0.2, -0.15) is 11.8 Å². The van der Waals surface area contributed by atoms with E-state index in [1.807, 2.05) is 0 Å². The number of nitrogens with zero attached hydrogens (tertiary/aromatic N) is 1. The minimum atomic E-state index is -3.53. The van der Waals surface area contributed by atoms with Gasteiger partial charge in [0.25, 0.3) is 0 Å². The molecule has 0 saturated heterocycles. The van der Waals surface area contributed by atoms with Crippen molar-refractivity contribution in [2.75, 3.05) is 36.5 Å². The summed E-state index contributed by atoms with van der Waals surface area (Å²) in [5.74, 6) is 1.68. The first-order valence-electron chi connectivity index (χ1n) is 9.72. The van der Waals surface area contributed by atoms with Crippen LogP contribution in [0.3, 0.4) is 0 Å². The number of halogens is 3. The predicted octanol–water partition coefficient (Wildman–Crippen LogP) is 5.25. The summed E-state index contributed by atoms with van der Waals surface area (Å²) in [6, 6.07) is 10.1. The molecule has 0 bridgehead atoms. The zero-order valence-electron chi connectivity index (χ0n) is 17.7. The summed E-state index contributed by atoms with van der Waals surface area (Å²) >= 11 is 20.0. The molecule has 176 valence electrons. The van der Waals surface area contributed by atoms with E-state index in [4.69, 9.17) is 39.5 Å². The van der Waals surface area contributed by atoms with Crippen molar-refractivity contribution in [3.63, 3.8) is 0 Å². The molecule has 0 heterocycles. The molecule has 1 amide bonds. The SMILES string of the molecule is COc1ccc(N(CCCC(=O)NCCSCc2c(Cl)cccc2Cl)S(C)(=O)=O)cc1Cl. The highest BCUT2D eigenvalue weighted by Gasteiger charge is 2.19. The van der Waals surface area contributed by atoms with E-state index in [1.165, 1.54) is 17.5 Å². The van der Waals surface area contributed by atoms with Crippen LogP contribution in [0.25, 0.3) is 0 Å². The summed E-state index contributed by atoms with van der Waals surface area (Å²) in [4.78, 5) is 12.1. The molecule has 0 saturated carbocycles. The van der Waals surface area contributed by atoms with Crippen molar-refractivity contribution in [3.8, 4) is 5.75 Å². The maximum absolute atomic E-state index is 12.2. The van der Waals surface area contributed by atoms with Gasteiger partial charge in [0.15, 0.2) is 0 Å². The van der Waals surface area contributed by atoms with Crippen LogP contribution in [0, 0.1) is 0 Å². The van der Waals surface area contributed by atoms with Crippen molar-refractivity contribution in [2.45, 2.75) is 18.6 Å². The van der Waals surface area contributed by atoms with E-state index in [0.29, 0.717) is 51.0 Å². The second-order valence-corrected chi connectivity index (χ2v) is 11.1. The Labute approximate surface area is 208 Å². The van der Waals surface area contributed by atoms with Gasteiger partial charge >= 0.3 is 0 Å². The Balaban J connectivity index is 1.77. The van der Waals surface area contributed by atoms with Crippen LogP contribution in [0.4, 0.5) is 5.69 Å². The van der Waals surface area contributed by atoms with Crippen LogP contribution < -0.4 is 14.4 Å². The summed E-state index contributed by atoms with van der Waals surface area (Å²) in [5, 5.41) is 4.41. The number of nitrogens with one attached hydrogen (secondary N) is 1. The molecule has 0 unspecified atom stereocenters. The molecular formula is C21H25Cl3N2O4S2.